The van der Waals surface area contributed by atoms with Gasteiger partial charge in [-0.3, -0.25) is 4.79 Å². The maximum atomic E-state index is 14.6. The third kappa shape index (κ3) is 3.03. The number of aliphatic hydroxyl groups is 1. The van der Waals surface area contributed by atoms with Gasteiger partial charge in [-0.05, 0) is 98.6 Å². The van der Waals surface area contributed by atoms with Gasteiger partial charge in [-0.2, -0.15) is 0 Å². The maximum Gasteiger partial charge on any atom is 0.156 e. The van der Waals surface area contributed by atoms with Crippen molar-refractivity contribution in [3.63, 3.8) is 0 Å². The molecule has 0 saturated heterocycles. The summed E-state index contributed by atoms with van der Waals surface area (Å²) in [6, 6.07) is 5.67. The van der Waals surface area contributed by atoms with Crippen LogP contribution < -0.4 is 0 Å². The monoisotopic (exact) mass is 420 g/mol. The Morgan fingerprint density at radius 1 is 1.19 bits per heavy atom. The maximum absolute atomic E-state index is 14.6. The first kappa shape index (κ1) is 20.9. The van der Waals surface area contributed by atoms with Gasteiger partial charge in [-0.1, -0.05) is 36.8 Å². The van der Waals surface area contributed by atoms with Crippen LogP contribution in [0.1, 0.15) is 75.8 Å². The quantitative estimate of drug-likeness (QED) is 0.567. The number of fused-ring (bicyclic) bond motifs is 4. The fourth-order valence-electron chi connectivity index (χ4n) is 7.37. The minimum Gasteiger partial charge on any atom is -0.385 e. The van der Waals surface area contributed by atoms with Crippen LogP contribution in [0.3, 0.4) is 0 Å². The summed E-state index contributed by atoms with van der Waals surface area (Å²) in [5.74, 6) is 0.977. The number of halogens is 1. The van der Waals surface area contributed by atoms with Crippen molar-refractivity contribution >= 4 is 5.78 Å². The average Bonchev–Trinajstić information content (AvgIpc) is 3.00. The molecule has 0 spiro atoms. The van der Waals surface area contributed by atoms with Crippen molar-refractivity contribution in [1.82, 2.24) is 0 Å². The summed E-state index contributed by atoms with van der Waals surface area (Å²) in [7, 11) is 0. The molecule has 1 aromatic rings. The molecule has 0 aromatic heterocycles. The molecule has 4 aliphatic carbocycles. The van der Waals surface area contributed by atoms with Crippen molar-refractivity contribution in [2.24, 2.45) is 17.3 Å². The molecular weight excluding hydrogens is 387 g/mol. The van der Waals surface area contributed by atoms with Crippen LogP contribution in [0.15, 0.2) is 53.1 Å². The molecule has 2 nitrogen and oxygen atoms in total. The number of ketones is 1. The van der Waals surface area contributed by atoms with E-state index in [0.29, 0.717) is 23.8 Å². The van der Waals surface area contributed by atoms with Crippen LogP contribution in [0.4, 0.5) is 4.39 Å². The normalized spacial score (nSPS) is 37.5. The van der Waals surface area contributed by atoms with E-state index in [2.05, 4.69) is 13.0 Å². The van der Waals surface area contributed by atoms with E-state index in [1.54, 1.807) is 13.0 Å². The zero-order chi connectivity index (χ0) is 22.0. The molecule has 2 saturated carbocycles. The van der Waals surface area contributed by atoms with Gasteiger partial charge in [0.25, 0.3) is 0 Å². The van der Waals surface area contributed by atoms with E-state index >= 15 is 0 Å². The zero-order valence-electron chi connectivity index (χ0n) is 18.9. The molecule has 2 fully saturated rings. The Morgan fingerprint density at radius 3 is 2.74 bits per heavy atom. The molecule has 5 atom stereocenters. The number of allylic oxidation sites excluding steroid dienone is 5. The fraction of sp³-hybridized carbons (Fsp3) is 0.536. The summed E-state index contributed by atoms with van der Waals surface area (Å²) in [5, 5.41) is 11.7. The second-order valence-electron chi connectivity index (χ2n) is 10.5. The Bertz CT molecular complexity index is 1030. The van der Waals surface area contributed by atoms with Crippen LogP contribution >= 0.6 is 0 Å². The van der Waals surface area contributed by atoms with Gasteiger partial charge < -0.3 is 5.11 Å². The van der Waals surface area contributed by atoms with E-state index in [1.165, 1.54) is 16.7 Å². The van der Waals surface area contributed by atoms with Crippen molar-refractivity contribution in [3.05, 3.63) is 70.1 Å². The van der Waals surface area contributed by atoms with Crippen molar-refractivity contribution in [3.8, 4) is 0 Å². The molecule has 1 N–H and O–H groups in total. The Hall–Kier alpha value is -2.00. The average molecular weight is 421 g/mol. The van der Waals surface area contributed by atoms with Gasteiger partial charge >= 0.3 is 0 Å². The lowest BCUT2D eigenvalue weighted by atomic mass is 9.51. The van der Waals surface area contributed by atoms with Gasteiger partial charge in [0, 0.05) is 17.8 Å². The summed E-state index contributed by atoms with van der Waals surface area (Å²) < 4.78 is 14.6. The topological polar surface area (TPSA) is 37.3 Å². The molecule has 1 aromatic carbocycles. The molecule has 0 radical (unpaired) electrons. The predicted molar refractivity (Wildman–Crippen MR) is 121 cm³/mol. The van der Waals surface area contributed by atoms with Crippen molar-refractivity contribution in [2.45, 2.75) is 77.2 Å². The van der Waals surface area contributed by atoms with Crippen molar-refractivity contribution < 1.29 is 14.3 Å². The molecule has 3 heteroatoms. The number of hydrogen-bond donors (Lipinski definition) is 1. The highest BCUT2D eigenvalue weighted by molar-refractivity contribution is 5.93. The lowest BCUT2D eigenvalue weighted by molar-refractivity contribution is -0.114. The summed E-state index contributed by atoms with van der Waals surface area (Å²) in [5.41, 5.74) is 4.64. The second-order valence-corrected chi connectivity index (χ2v) is 10.5. The minimum atomic E-state index is -0.817. The highest BCUT2D eigenvalue weighted by Crippen LogP contribution is 2.67. The van der Waals surface area contributed by atoms with Crippen LogP contribution in [0.25, 0.3) is 0 Å². The molecule has 4 aliphatic rings. The van der Waals surface area contributed by atoms with Gasteiger partial charge in [0.2, 0.25) is 0 Å². The minimum absolute atomic E-state index is 0.0862. The van der Waals surface area contributed by atoms with Crippen molar-refractivity contribution in [1.29, 1.82) is 0 Å². The molecule has 5 rings (SSSR count). The Morgan fingerprint density at radius 2 is 2.00 bits per heavy atom. The Labute approximate surface area is 184 Å². The number of rotatable bonds is 2. The van der Waals surface area contributed by atoms with E-state index in [9.17, 15) is 14.3 Å². The summed E-state index contributed by atoms with van der Waals surface area (Å²) >= 11 is 0. The third-order valence-corrected chi connectivity index (χ3v) is 8.99. The molecule has 164 valence electrons. The fourth-order valence-corrected chi connectivity index (χ4v) is 7.37. The number of carbonyl (C=O) groups excluding carboxylic acids is 1. The number of aryl methyl sites for hydroxylation is 1. The van der Waals surface area contributed by atoms with E-state index in [0.717, 1.165) is 44.1 Å². The molecule has 31 heavy (non-hydrogen) atoms. The standard InChI is InChI=1S/C28H33FO2/c1-4-12-28(31)13-11-24-22-9-7-18-14-20(30)8-10-21(18)26(22)23(16-27(24,28)3)19-6-5-17(2)25(29)15-19/h4-6,12,14-15,22-24,31H,7-11,13,16H2,1-3H3/t22-,23+,24-,27-,28-/m0/s1. The first-order valence-corrected chi connectivity index (χ1v) is 11.9. The summed E-state index contributed by atoms with van der Waals surface area (Å²) in [6.45, 7) is 6.05. The van der Waals surface area contributed by atoms with Crippen LogP contribution in [-0.4, -0.2) is 16.5 Å². The number of hydrogen-bond acceptors (Lipinski definition) is 2. The van der Waals surface area contributed by atoms with Gasteiger partial charge in [-0.25, -0.2) is 4.39 Å². The predicted octanol–water partition coefficient (Wildman–Crippen LogP) is 6.34. The van der Waals surface area contributed by atoms with Crippen LogP contribution in [0, 0.1) is 30.0 Å². The lowest BCUT2D eigenvalue weighted by Gasteiger charge is -2.54. The smallest absolute Gasteiger partial charge is 0.156 e. The third-order valence-electron chi connectivity index (χ3n) is 8.99. The SMILES string of the molecule is CC=C[C@]1(O)CC[C@H]2[C@@H]3CCC4=CC(=O)CCC4=C3[C@@H](c3ccc(C)c(F)c3)C[C@@]21C. The van der Waals surface area contributed by atoms with E-state index < -0.39 is 5.60 Å². The van der Waals surface area contributed by atoms with E-state index in [1.807, 2.05) is 31.2 Å². The first-order chi connectivity index (χ1) is 14.8. The molecule has 0 unspecified atom stereocenters. The molecule has 0 aliphatic heterocycles. The first-order valence-electron chi connectivity index (χ1n) is 11.9. The van der Waals surface area contributed by atoms with E-state index in [-0.39, 0.29) is 22.9 Å². The second kappa shape index (κ2) is 7.27. The van der Waals surface area contributed by atoms with Crippen LogP contribution in [0.2, 0.25) is 0 Å². The van der Waals surface area contributed by atoms with Gasteiger partial charge in [-0.15, -0.1) is 0 Å². The highest BCUT2D eigenvalue weighted by atomic mass is 19.1. The largest absolute Gasteiger partial charge is 0.385 e. The summed E-state index contributed by atoms with van der Waals surface area (Å²) in [6.07, 6.45) is 11.8. The van der Waals surface area contributed by atoms with Crippen molar-refractivity contribution in [2.75, 3.05) is 0 Å². The van der Waals surface area contributed by atoms with Gasteiger partial charge in [0.1, 0.15) is 5.82 Å². The highest BCUT2D eigenvalue weighted by Gasteiger charge is 2.61. The summed E-state index contributed by atoms with van der Waals surface area (Å²) in [4.78, 5) is 12.1. The molecule has 0 heterocycles. The number of benzene rings is 1. The lowest BCUT2D eigenvalue weighted by Crippen LogP contribution is -2.50. The van der Waals surface area contributed by atoms with E-state index in [4.69, 9.17) is 0 Å². The molecular formula is C28H33FO2. The molecule has 0 amide bonds. The Kier molecular flexibility index (Phi) is 4.89. The number of carbonyl (C=O) groups is 1. The van der Waals surface area contributed by atoms with Crippen LogP contribution in [-0.2, 0) is 4.79 Å². The van der Waals surface area contributed by atoms with Gasteiger partial charge in [0.05, 0.1) is 5.60 Å². The Balaban J connectivity index is 1.70. The van der Waals surface area contributed by atoms with Gasteiger partial charge in [0.15, 0.2) is 5.78 Å². The zero-order valence-corrected chi connectivity index (χ0v) is 18.9. The van der Waals surface area contributed by atoms with Crippen LogP contribution in [0.5, 0.6) is 0 Å². The molecule has 0 bridgehead atoms.